The average molecular weight is 272 g/mol. The van der Waals surface area contributed by atoms with Crippen LogP contribution in [-0.2, 0) is 16.0 Å². The zero-order valence-electron chi connectivity index (χ0n) is 11.8. The fraction of sp³-hybridized carbons (Fsp3) is 0.500. The first-order chi connectivity index (χ1) is 9.64. The molecule has 1 saturated carbocycles. The molecule has 1 aromatic rings. The van der Waals surface area contributed by atoms with E-state index in [0.29, 0.717) is 0 Å². The molecule has 3 rings (SSSR count). The van der Waals surface area contributed by atoms with Crippen molar-refractivity contribution >= 4 is 17.5 Å². The van der Waals surface area contributed by atoms with Crippen molar-refractivity contribution in [3.05, 3.63) is 29.8 Å². The van der Waals surface area contributed by atoms with Crippen LogP contribution in [0.2, 0.25) is 0 Å². The highest BCUT2D eigenvalue weighted by atomic mass is 16.2. The zero-order chi connectivity index (χ0) is 14.2. The number of piperazine rings is 1. The van der Waals surface area contributed by atoms with E-state index in [0.717, 1.165) is 37.8 Å². The van der Waals surface area contributed by atoms with Gasteiger partial charge >= 0.3 is 0 Å². The number of benzene rings is 1. The van der Waals surface area contributed by atoms with Crippen LogP contribution in [0, 0.1) is 0 Å². The second-order valence-corrected chi connectivity index (χ2v) is 5.75. The number of amides is 2. The molecule has 1 aliphatic heterocycles. The van der Waals surface area contributed by atoms with E-state index in [1.165, 1.54) is 5.56 Å². The minimum absolute atomic E-state index is 0.0499. The van der Waals surface area contributed by atoms with Crippen LogP contribution in [0.5, 0.6) is 0 Å². The Morgan fingerprint density at radius 1 is 1.15 bits per heavy atom. The Bertz CT molecular complexity index is 530. The zero-order valence-corrected chi connectivity index (χ0v) is 11.8. The number of carbonyl (C=O) groups excluding carboxylic acids is 2. The van der Waals surface area contributed by atoms with Crippen molar-refractivity contribution in [3.63, 3.8) is 0 Å². The molecule has 1 N–H and O–H groups in total. The lowest BCUT2D eigenvalue weighted by Crippen LogP contribution is -2.65. The van der Waals surface area contributed by atoms with E-state index in [4.69, 9.17) is 0 Å². The summed E-state index contributed by atoms with van der Waals surface area (Å²) in [6.45, 7) is 2.23. The lowest BCUT2D eigenvalue weighted by molar-refractivity contribution is -0.135. The van der Waals surface area contributed by atoms with Gasteiger partial charge in [0.1, 0.15) is 12.1 Å². The van der Waals surface area contributed by atoms with Crippen LogP contribution in [0.1, 0.15) is 38.2 Å². The molecular weight excluding hydrogens is 252 g/mol. The van der Waals surface area contributed by atoms with Crippen molar-refractivity contribution in [1.29, 1.82) is 0 Å². The lowest BCUT2D eigenvalue weighted by atomic mass is 9.92. The average Bonchev–Trinajstić information content (AvgIpc) is 2.92. The largest absolute Gasteiger partial charge is 0.340 e. The van der Waals surface area contributed by atoms with Crippen LogP contribution >= 0.6 is 0 Å². The summed E-state index contributed by atoms with van der Waals surface area (Å²) in [6, 6.07) is 7.93. The standard InChI is InChI=1S/C16H20N2O2/c1-2-12-5-7-13(8-6-12)18-11-14(19)17-16(15(18)20)9-3-4-10-16/h5-8H,2-4,9-11H2,1H3,(H,17,19). The summed E-state index contributed by atoms with van der Waals surface area (Å²) < 4.78 is 0. The predicted molar refractivity (Wildman–Crippen MR) is 77.5 cm³/mol. The number of aryl methyl sites for hydroxylation is 1. The third-order valence-corrected chi connectivity index (χ3v) is 4.45. The minimum atomic E-state index is -0.640. The highest BCUT2D eigenvalue weighted by molar-refractivity contribution is 6.09. The third kappa shape index (κ3) is 2.09. The van der Waals surface area contributed by atoms with Gasteiger partial charge in [-0.25, -0.2) is 0 Å². The van der Waals surface area contributed by atoms with Crippen molar-refractivity contribution in [2.75, 3.05) is 11.4 Å². The number of carbonyl (C=O) groups is 2. The van der Waals surface area contributed by atoms with Gasteiger partial charge in [-0.3, -0.25) is 9.59 Å². The number of anilines is 1. The molecule has 0 radical (unpaired) electrons. The van der Waals surface area contributed by atoms with Gasteiger partial charge in [-0.2, -0.15) is 0 Å². The molecule has 2 fully saturated rings. The maximum atomic E-state index is 12.8. The molecule has 1 spiro atoms. The van der Waals surface area contributed by atoms with Crippen molar-refractivity contribution < 1.29 is 9.59 Å². The normalized spacial score (nSPS) is 21.4. The third-order valence-electron chi connectivity index (χ3n) is 4.45. The lowest BCUT2D eigenvalue weighted by Gasteiger charge is -2.39. The summed E-state index contributed by atoms with van der Waals surface area (Å²) in [5.41, 5.74) is 1.42. The topological polar surface area (TPSA) is 49.4 Å². The van der Waals surface area contributed by atoms with Gasteiger partial charge in [0, 0.05) is 5.69 Å². The fourth-order valence-electron chi connectivity index (χ4n) is 3.27. The van der Waals surface area contributed by atoms with Gasteiger partial charge in [0.2, 0.25) is 5.91 Å². The molecule has 106 valence electrons. The number of hydrogen-bond donors (Lipinski definition) is 1. The van der Waals surface area contributed by atoms with Gasteiger partial charge in [0.25, 0.3) is 5.91 Å². The van der Waals surface area contributed by atoms with E-state index in [-0.39, 0.29) is 18.4 Å². The second-order valence-electron chi connectivity index (χ2n) is 5.75. The number of nitrogens with zero attached hydrogens (tertiary/aromatic N) is 1. The van der Waals surface area contributed by atoms with Crippen molar-refractivity contribution in [3.8, 4) is 0 Å². The van der Waals surface area contributed by atoms with E-state index in [9.17, 15) is 9.59 Å². The highest BCUT2D eigenvalue weighted by Crippen LogP contribution is 2.34. The number of nitrogens with one attached hydrogen (secondary N) is 1. The molecular formula is C16H20N2O2. The molecule has 0 atom stereocenters. The Morgan fingerprint density at radius 3 is 2.40 bits per heavy atom. The van der Waals surface area contributed by atoms with Gasteiger partial charge in [-0.05, 0) is 37.0 Å². The van der Waals surface area contributed by atoms with Crippen molar-refractivity contribution in [2.45, 2.75) is 44.6 Å². The summed E-state index contributed by atoms with van der Waals surface area (Å²) in [7, 11) is 0. The van der Waals surface area contributed by atoms with E-state index in [2.05, 4.69) is 12.2 Å². The molecule has 4 nitrogen and oxygen atoms in total. The number of rotatable bonds is 2. The van der Waals surface area contributed by atoms with Gasteiger partial charge in [-0.1, -0.05) is 31.9 Å². The first kappa shape index (κ1) is 13.2. The van der Waals surface area contributed by atoms with Gasteiger partial charge in [-0.15, -0.1) is 0 Å². The molecule has 20 heavy (non-hydrogen) atoms. The van der Waals surface area contributed by atoms with E-state index in [1.807, 2.05) is 24.3 Å². The Hall–Kier alpha value is -1.84. The van der Waals surface area contributed by atoms with Gasteiger partial charge < -0.3 is 10.2 Å². The smallest absolute Gasteiger partial charge is 0.253 e. The molecule has 0 bridgehead atoms. The summed E-state index contributed by atoms with van der Waals surface area (Å²) in [4.78, 5) is 26.4. The molecule has 2 amide bonds. The Kier molecular flexibility index (Phi) is 3.24. The SMILES string of the molecule is CCc1ccc(N2CC(=O)NC3(CCCC3)C2=O)cc1. The first-order valence-corrected chi connectivity index (χ1v) is 7.36. The second kappa shape index (κ2) is 4.93. The van der Waals surface area contributed by atoms with Crippen LogP contribution < -0.4 is 10.2 Å². The summed E-state index contributed by atoms with van der Waals surface area (Å²) in [5, 5.41) is 2.93. The summed E-state index contributed by atoms with van der Waals surface area (Å²) in [6.07, 6.45) is 4.52. The minimum Gasteiger partial charge on any atom is -0.340 e. The highest BCUT2D eigenvalue weighted by Gasteiger charge is 2.48. The molecule has 2 aliphatic rings. The quantitative estimate of drug-likeness (QED) is 0.895. The van der Waals surface area contributed by atoms with Gasteiger partial charge in [0.15, 0.2) is 0 Å². The van der Waals surface area contributed by atoms with Crippen molar-refractivity contribution in [2.24, 2.45) is 0 Å². The Labute approximate surface area is 119 Å². The first-order valence-electron chi connectivity index (χ1n) is 7.36. The molecule has 0 aromatic heterocycles. The molecule has 1 heterocycles. The van der Waals surface area contributed by atoms with Crippen LogP contribution in [-0.4, -0.2) is 23.9 Å². The predicted octanol–water partition coefficient (Wildman–Crippen LogP) is 2.02. The Morgan fingerprint density at radius 2 is 1.80 bits per heavy atom. The molecule has 4 heteroatoms. The van der Waals surface area contributed by atoms with Crippen LogP contribution in [0.15, 0.2) is 24.3 Å². The van der Waals surface area contributed by atoms with Crippen LogP contribution in [0.25, 0.3) is 0 Å². The molecule has 0 unspecified atom stereocenters. The number of hydrogen-bond acceptors (Lipinski definition) is 2. The molecule has 1 saturated heterocycles. The summed E-state index contributed by atoms with van der Waals surface area (Å²) >= 11 is 0. The van der Waals surface area contributed by atoms with Crippen LogP contribution in [0.3, 0.4) is 0 Å². The van der Waals surface area contributed by atoms with Crippen molar-refractivity contribution in [1.82, 2.24) is 5.32 Å². The van der Waals surface area contributed by atoms with Crippen LogP contribution in [0.4, 0.5) is 5.69 Å². The summed E-state index contributed by atoms with van der Waals surface area (Å²) in [5.74, 6) is 0.00455. The molecule has 1 aromatic carbocycles. The molecule has 1 aliphatic carbocycles. The van der Waals surface area contributed by atoms with E-state index in [1.54, 1.807) is 4.90 Å². The monoisotopic (exact) mass is 272 g/mol. The van der Waals surface area contributed by atoms with E-state index >= 15 is 0 Å². The van der Waals surface area contributed by atoms with E-state index < -0.39 is 5.54 Å². The maximum absolute atomic E-state index is 12.8. The maximum Gasteiger partial charge on any atom is 0.253 e. The Balaban J connectivity index is 1.91. The fourth-order valence-corrected chi connectivity index (χ4v) is 3.27. The van der Waals surface area contributed by atoms with Gasteiger partial charge in [0.05, 0.1) is 0 Å².